The number of rotatable bonds is 7. The molecule has 1 saturated heterocycles. The van der Waals surface area contributed by atoms with Crippen molar-refractivity contribution in [1.29, 1.82) is 5.26 Å². The maximum Gasteiger partial charge on any atom is 0.189 e. The van der Waals surface area contributed by atoms with E-state index in [4.69, 9.17) is 9.97 Å². The smallest absolute Gasteiger partial charge is 0.189 e. The van der Waals surface area contributed by atoms with Crippen LogP contribution in [-0.4, -0.2) is 50.2 Å². The van der Waals surface area contributed by atoms with Crippen LogP contribution in [-0.2, 0) is 6.54 Å². The molecule has 1 aromatic carbocycles. The van der Waals surface area contributed by atoms with E-state index in [9.17, 15) is 10.4 Å². The number of fused-ring (bicyclic) bond motifs is 1. The first kappa shape index (κ1) is 24.7. The van der Waals surface area contributed by atoms with Gasteiger partial charge in [0.15, 0.2) is 5.13 Å². The number of nitrogens with zero attached hydrogens (tertiary/aromatic N) is 5. The van der Waals surface area contributed by atoms with Crippen LogP contribution < -0.4 is 10.6 Å². The highest BCUT2D eigenvalue weighted by atomic mass is 32.1. The van der Waals surface area contributed by atoms with Crippen molar-refractivity contribution in [2.45, 2.75) is 57.2 Å². The first-order valence-electron chi connectivity index (χ1n) is 13.3. The molecule has 0 bridgehead atoms. The minimum Gasteiger partial charge on any atom is -0.393 e. The van der Waals surface area contributed by atoms with E-state index >= 15 is 0 Å². The Hall–Kier alpha value is -3.58. The lowest BCUT2D eigenvalue weighted by Crippen LogP contribution is -2.28. The summed E-state index contributed by atoms with van der Waals surface area (Å²) in [5.74, 6) is 1.66. The molecule has 0 amide bonds. The van der Waals surface area contributed by atoms with Crippen molar-refractivity contribution in [2.24, 2.45) is 0 Å². The van der Waals surface area contributed by atoms with Gasteiger partial charge in [-0.15, -0.1) is 0 Å². The number of aromatic nitrogens is 3. The molecule has 38 heavy (non-hydrogen) atoms. The Kier molecular flexibility index (Phi) is 7.18. The summed E-state index contributed by atoms with van der Waals surface area (Å²) in [6, 6.07) is 14.8. The van der Waals surface area contributed by atoms with Crippen LogP contribution in [0.15, 0.2) is 48.8 Å². The molecule has 2 fully saturated rings. The van der Waals surface area contributed by atoms with E-state index in [1.807, 2.05) is 18.2 Å². The average molecular weight is 526 g/mol. The molecule has 4 aromatic rings. The fourth-order valence-electron chi connectivity index (χ4n) is 5.37. The van der Waals surface area contributed by atoms with Crippen LogP contribution in [0.25, 0.3) is 21.3 Å². The predicted molar refractivity (Wildman–Crippen MR) is 151 cm³/mol. The Morgan fingerprint density at radius 3 is 2.61 bits per heavy atom. The Morgan fingerprint density at radius 2 is 1.79 bits per heavy atom. The SMILES string of the molecule is N#Cc1cncc(-c2ccc3nc(Nc4cc(CN5CCCC5)cc(NC5CCC(O)CC5)n4)sc3c2)c1. The molecule has 0 unspecified atom stereocenters. The second-order valence-corrected chi connectivity index (χ2v) is 11.3. The number of aliphatic hydroxyl groups is 1. The van der Waals surface area contributed by atoms with E-state index in [2.05, 4.69) is 44.8 Å². The second kappa shape index (κ2) is 11.0. The normalized spacial score (nSPS) is 19.9. The van der Waals surface area contributed by atoms with Crippen LogP contribution in [0.2, 0.25) is 0 Å². The molecule has 3 aromatic heterocycles. The third-order valence-corrected chi connectivity index (χ3v) is 8.30. The minimum absolute atomic E-state index is 0.175. The first-order valence-corrected chi connectivity index (χ1v) is 14.1. The van der Waals surface area contributed by atoms with Gasteiger partial charge in [-0.2, -0.15) is 5.26 Å². The summed E-state index contributed by atoms with van der Waals surface area (Å²) in [4.78, 5) is 16.4. The number of hydrogen-bond acceptors (Lipinski definition) is 9. The largest absolute Gasteiger partial charge is 0.393 e. The van der Waals surface area contributed by atoms with Crippen molar-refractivity contribution >= 4 is 38.3 Å². The van der Waals surface area contributed by atoms with Crippen LogP contribution >= 0.6 is 11.3 Å². The molecule has 0 atom stereocenters. The zero-order valence-electron chi connectivity index (χ0n) is 21.2. The number of nitriles is 1. The van der Waals surface area contributed by atoms with Crippen molar-refractivity contribution < 1.29 is 5.11 Å². The third-order valence-electron chi connectivity index (χ3n) is 7.36. The van der Waals surface area contributed by atoms with Crippen molar-refractivity contribution in [3.8, 4) is 17.2 Å². The summed E-state index contributed by atoms with van der Waals surface area (Å²) in [5, 5.41) is 27.0. The topological polar surface area (TPSA) is 110 Å². The molecule has 1 aliphatic heterocycles. The van der Waals surface area contributed by atoms with Crippen molar-refractivity contribution in [1.82, 2.24) is 19.9 Å². The van der Waals surface area contributed by atoms with Crippen molar-refractivity contribution in [2.75, 3.05) is 23.7 Å². The molecule has 6 rings (SSSR count). The lowest BCUT2D eigenvalue weighted by molar-refractivity contribution is 0.126. The molecule has 0 radical (unpaired) electrons. The van der Waals surface area contributed by atoms with Crippen LogP contribution in [0.3, 0.4) is 0 Å². The van der Waals surface area contributed by atoms with Crippen LogP contribution in [0, 0.1) is 11.3 Å². The molecular weight excluding hydrogens is 494 g/mol. The van der Waals surface area contributed by atoms with Gasteiger partial charge in [-0.1, -0.05) is 17.4 Å². The van der Waals surface area contributed by atoms with Gasteiger partial charge in [0, 0.05) is 30.5 Å². The van der Waals surface area contributed by atoms with E-state index < -0.39 is 0 Å². The Bertz CT molecular complexity index is 1470. The second-order valence-electron chi connectivity index (χ2n) is 10.3. The third kappa shape index (κ3) is 5.78. The summed E-state index contributed by atoms with van der Waals surface area (Å²) in [7, 11) is 0. The van der Waals surface area contributed by atoms with Crippen molar-refractivity contribution in [3.05, 3.63) is 59.9 Å². The lowest BCUT2D eigenvalue weighted by atomic mass is 9.93. The molecule has 4 heterocycles. The molecule has 0 spiro atoms. The summed E-state index contributed by atoms with van der Waals surface area (Å²) >= 11 is 1.59. The summed E-state index contributed by atoms with van der Waals surface area (Å²) in [6.45, 7) is 3.19. The van der Waals surface area contributed by atoms with E-state index in [-0.39, 0.29) is 6.10 Å². The fraction of sp³-hybridized carbons (Fsp3) is 0.379. The summed E-state index contributed by atoms with van der Waals surface area (Å²) in [6.07, 6.45) is 9.27. The van der Waals surface area contributed by atoms with Gasteiger partial charge >= 0.3 is 0 Å². The number of hydrogen-bond donors (Lipinski definition) is 3. The fourth-order valence-corrected chi connectivity index (χ4v) is 6.28. The number of likely N-dealkylation sites (tertiary alicyclic amines) is 1. The van der Waals surface area contributed by atoms with E-state index in [1.54, 1.807) is 23.7 Å². The number of pyridine rings is 2. The standard InChI is InChI=1S/C29H31N7OS/c30-15-20-11-22(17-31-16-20)21-3-8-25-26(14-21)38-29(33-25)35-28-13-19(18-36-9-1-2-10-36)12-27(34-28)32-23-4-6-24(37)7-5-23/h3,8,11-14,16-17,23-24,37H,1-2,4-7,9-10,18H2,(H2,32,33,34,35). The number of anilines is 3. The van der Waals surface area contributed by atoms with E-state index in [1.165, 1.54) is 18.4 Å². The van der Waals surface area contributed by atoms with Gasteiger partial charge in [0.1, 0.15) is 17.7 Å². The number of thiazole rings is 1. The van der Waals surface area contributed by atoms with E-state index in [0.717, 1.165) is 83.4 Å². The van der Waals surface area contributed by atoms with Gasteiger partial charge < -0.3 is 15.7 Å². The van der Waals surface area contributed by atoms with Gasteiger partial charge in [-0.25, -0.2) is 9.97 Å². The molecule has 9 heteroatoms. The molecule has 8 nitrogen and oxygen atoms in total. The lowest BCUT2D eigenvalue weighted by Gasteiger charge is -2.27. The number of nitrogens with one attached hydrogen (secondary N) is 2. The molecular formula is C29H31N7OS. The highest BCUT2D eigenvalue weighted by Gasteiger charge is 2.20. The Labute approximate surface area is 226 Å². The molecule has 3 N–H and O–H groups in total. The Balaban J connectivity index is 1.25. The highest BCUT2D eigenvalue weighted by Crippen LogP contribution is 2.33. The first-order chi connectivity index (χ1) is 18.6. The van der Waals surface area contributed by atoms with Crippen molar-refractivity contribution in [3.63, 3.8) is 0 Å². The zero-order valence-corrected chi connectivity index (χ0v) is 22.0. The van der Waals surface area contributed by atoms with Gasteiger partial charge in [-0.05, 0) is 93.1 Å². The molecule has 2 aliphatic rings. The van der Waals surface area contributed by atoms with Crippen LogP contribution in [0.4, 0.5) is 16.8 Å². The average Bonchev–Trinajstić information content (AvgIpc) is 3.59. The van der Waals surface area contributed by atoms with Gasteiger partial charge in [0.05, 0.1) is 21.9 Å². The maximum atomic E-state index is 9.89. The van der Waals surface area contributed by atoms with E-state index in [0.29, 0.717) is 11.6 Å². The minimum atomic E-state index is -0.175. The monoisotopic (exact) mass is 525 g/mol. The number of aliphatic hydroxyl groups excluding tert-OH is 1. The Morgan fingerprint density at radius 1 is 0.974 bits per heavy atom. The molecule has 1 aliphatic carbocycles. The molecule has 1 saturated carbocycles. The summed E-state index contributed by atoms with van der Waals surface area (Å²) < 4.78 is 1.06. The van der Waals surface area contributed by atoms with Gasteiger partial charge in [0.2, 0.25) is 0 Å². The maximum absolute atomic E-state index is 9.89. The van der Waals surface area contributed by atoms with Crippen LogP contribution in [0.5, 0.6) is 0 Å². The summed E-state index contributed by atoms with van der Waals surface area (Å²) in [5.41, 5.74) is 4.61. The van der Waals surface area contributed by atoms with Gasteiger partial charge in [-0.3, -0.25) is 9.88 Å². The highest BCUT2D eigenvalue weighted by molar-refractivity contribution is 7.22. The zero-order chi connectivity index (χ0) is 25.9. The van der Waals surface area contributed by atoms with Gasteiger partial charge in [0.25, 0.3) is 0 Å². The number of benzene rings is 1. The van der Waals surface area contributed by atoms with Crippen LogP contribution in [0.1, 0.15) is 49.7 Å². The molecule has 194 valence electrons. The predicted octanol–water partition coefficient (Wildman–Crippen LogP) is 5.68. The quantitative estimate of drug-likeness (QED) is 0.283.